The highest BCUT2D eigenvalue weighted by atomic mass is 16.6. The summed E-state index contributed by atoms with van der Waals surface area (Å²) in [6, 6.07) is 9.57. The minimum absolute atomic E-state index is 0.118. The number of aromatic hydroxyl groups is 1. The van der Waals surface area contributed by atoms with Gasteiger partial charge in [-0.25, -0.2) is 9.59 Å². The van der Waals surface area contributed by atoms with Crippen molar-refractivity contribution in [1.29, 1.82) is 0 Å². The molecular formula is C21H18O9. The van der Waals surface area contributed by atoms with Crippen molar-refractivity contribution in [2.75, 3.05) is 0 Å². The SMILES string of the molecule is O=C(c1ccccc1)[C@H]1C2(O)CC3CC(O)(C2c2cc(O)cc(=O)o2)[C@]1(O)C(=O)O3. The Morgan fingerprint density at radius 3 is 2.40 bits per heavy atom. The average molecular weight is 414 g/mol. The van der Waals surface area contributed by atoms with Crippen LogP contribution in [0.1, 0.15) is 34.9 Å². The molecule has 156 valence electrons. The summed E-state index contributed by atoms with van der Waals surface area (Å²) in [7, 11) is 0. The molecule has 3 bridgehead atoms. The van der Waals surface area contributed by atoms with E-state index in [2.05, 4.69) is 0 Å². The van der Waals surface area contributed by atoms with Gasteiger partial charge in [-0.1, -0.05) is 30.3 Å². The summed E-state index contributed by atoms with van der Waals surface area (Å²) in [5, 5.41) is 44.6. The Balaban J connectivity index is 1.77. The van der Waals surface area contributed by atoms with E-state index in [1.807, 2.05) is 0 Å². The second-order valence-corrected chi connectivity index (χ2v) is 8.25. The van der Waals surface area contributed by atoms with Gasteiger partial charge in [0.1, 0.15) is 23.2 Å². The minimum Gasteiger partial charge on any atom is -0.508 e. The van der Waals surface area contributed by atoms with Crippen LogP contribution in [0.5, 0.6) is 5.75 Å². The number of benzene rings is 1. The molecule has 0 amide bonds. The van der Waals surface area contributed by atoms with Crippen LogP contribution in [0.3, 0.4) is 0 Å². The molecule has 5 rings (SSSR count). The zero-order valence-electron chi connectivity index (χ0n) is 15.5. The highest BCUT2D eigenvalue weighted by molar-refractivity contribution is 6.04. The highest BCUT2D eigenvalue weighted by Gasteiger charge is 2.85. The Hall–Kier alpha value is -3.01. The van der Waals surface area contributed by atoms with Gasteiger partial charge in [-0.15, -0.1) is 0 Å². The predicted molar refractivity (Wildman–Crippen MR) is 97.6 cm³/mol. The van der Waals surface area contributed by atoms with E-state index in [1.165, 1.54) is 12.1 Å². The minimum atomic E-state index is -2.78. The van der Waals surface area contributed by atoms with Gasteiger partial charge in [0.25, 0.3) is 0 Å². The second kappa shape index (κ2) is 5.78. The number of rotatable bonds is 3. The molecule has 3 aliphatic rings. The molecule has 1 aliphatic heterocycles. The van der Waals surface area contributed by atoms with E-state index in [9.17, 15) is 34.8 Å². The number of esters is 1. The quantitative estimate of drug-likeness (QED) is 0.396. The van der Waals surface area contributed by atoms with E-state index in [4.69, 9.17) is 9.15 Å². The maximum Gasteiger partial charge on any atom is 0.342 e. The lowest BCUT2D eigenvalue weighted by Crippen LogP contribution is -2.67. The predicted octanol–water partition coefficient (Wildman–Crippen LogP) is -0.146. The number of ether oxygens (including phenoxy) is 1. The van der Waals surface area contributed by atoms with Crippen LogP contribution in [0.25, 0.3) is 0 Å². The van der Waals surface area contributed by atoms with Gasteiger partial charge in [0.05, 0.1) is 23.5 Å². The first kappa shape index (κ1) is 19.0. The van der Waals surface area contributed by atoms with Crippen LogP contribution in [0.4, 0.5) is 0 Å². The maximum atomic E-state index is 13.4. The van der Waals surface area contributed by atoms with Crippen LogP contribution in [0, 0.1) is 5.92 Å². The third-order valence-corrected chi connectivity index (χ3v) is 6.61. The maximum absolute atomic E-state index is 13.4. The summed E-state index contributed by atoms with van der Waals surface area (Å²) in [6.07, 6.45) is -1.49. The smallest absolute Gasteiger partial charge is 0.342 e. The first-order valence-electron chi connectivity index (χ1n) is 9.43. The Morgan fingerprint density at radius 1 is 1.03 bits per heavy atom. The Bertz CT molecular complexity index is 1120. The van der Waals surface area contributed by atoms with E-state index >= 15 is 0 Å². The normalized spacial score (nSPS) is 39.0. The Morgan fingerprint density at radius 2 is 1.73 bits per heavy atom. The summed E-state index contributed by atoms with van der Waals surface area (Å²) in [5.74, 6) is -6.12. The van der Waals surface area contributed by atoms with Crippen LogP contribution in [-0.4, -0.2) is 55.1 Å². The number of Topliss-reactive ketones (excluding diaryl/α,β-unsaturated/α-hetero) is 1. The molecule has 1 saturated heterocycles. The third-order valence-electron chi connectivity index (χ3n) is 6.61. The molecule has 2 saturated carbocycles. The lowest BCUT2D eigenvalue weighted by molar-refractivity contribution is -0.234. The van der Waals surface area contributed by atoms with Crippen molar-refractivity contribution in [2.45, 2.75) is 41.7 Å². The molecule has 4 unspecified atom stereocenters. The topological polar surface area (TPSA) is 154 Å². The summed E-state index contributed by atoms with van der Waals surface area (Å²) in [6.45, 7) is 0. The van der Waals surface area contributed by atoms with Crippen molar-refractivity contribution in [3.63, 3.8) is 0 Å². The fourth-order valence-electron chi connectivity index (χ4n) is 5.62. The largest absolute Gasteiger partial charge is 0.508 e. The lowest BCUT2D eigenvalue weighted by Gasteiger charge is -2.49. The number of hydrogen-bond acceptors (Lipinski definition) is 9. The standard InChI is InChI=1S/C21H18O9/c22-11-6-13(30-14(23)7-11)16-19(26)8-12-9-20(16,27)21(28,18(25)29-12)17(19)15(24)10-4-2-1-3-5-10/h1-7,12,16-17,22,26-28H,8-9H2/t12?,16?,17-,19?,20?,21+/m0/s1. The van der Waals surface area contributed by atoms with Gasteiger partial charge >= 0.3 is 11.6 Å². The van der Waals surface area contributed by atoms with E-state index < -0.39 is 57.9 Å². The van der Waals surface area contributed by atoms with Gasteiger partial charge < -0.3 is 29.6 Å². The average Bonchev–Trinajstić information content (AvgIpc) is 2.70. The molecule has 1 aromatic carbocycles. The molecular weight excluding hydrogens is 396 g/mol. The van der Waals surface area contributed by atoms with E-state index in [0.29, 0.717) is 0 Å². The van der Waals surface area contributed by atoms with Crippen molar-refractivity contribution >= 4 is 11.8 Å². The number of ketones is 1. The zero-order chi connectivity index (χ0) is 21.5. The molecule has 9 heteroatoms. The van der Waals surface area contributed by atoms with Gasteiger partial charge in [0.15, 0.2) is 5.78 Å². The first-order chi connectivity index (χ1) is 14.1. The summed E-state index contributed by atoms with van der Waals surface area (Å²) >= 11 is 0. The molecule has 9 nitrogen and oxygen atoms in total. The molecule has 30 heavy (non-hydrogen) atoms. The number of carbonyl (C=O) groups excluding carboxylic acids is 2. The molecule has 0 radical (unpaired) electrons. The molecule has 0 spiro atoms. The van der Waals surface area contributed by atoms with Gasteiger partial charge in [0.2, 0.25) is 5.60 Å². The van der Waals surface area contributed by atoms with Crippen LogP contribution in [0.2, 0.25) is 0 Å². The molecule has 4 N–H and O–H groups in total. The fourth-order valence-corrected chi connectivity index (χ4v) is 5.62. The lowest BCUT2D eigenvalue weighted by atomic mass is 9.67. The summed E-state index contributed by atoms with van der Waals surface area (Å²) < 4.78 is 10.3. The van der Waals surface area contributed by atoms with Crippen molar-refractivity contribution in [2.24, 2.45) is 5.92 Å². The van der Waals surface area contributed by atoms with Crippen LogP contribution < -0.4 is 5.63 Å². The third kappa shape index (κ3) is 2.14. The van der Waals surface area contributed by atoms with Gasteiger partial charge in [-0.05, 0) is 0 Å². The molecule has 1 aromatic heterocycles. The molecule has 6 atom stereocenters. The number of aliphatic hydroxyl groups is 3. The van der Waals surface area contributed by atoms with Gasteiger partial charge in [-0.3, -0.25) is 4.79 Å². The van der Waals surface area contributed by atoms with E-state index in [-0.39, 0.29) is 24.2 Å². The van der Waals surface area contributed by atoms with Crippen molar-refractivity contribution in [3.8, 4) is 5.75 Å². The summed E-state index contributed by atoms with van der Waals surface area (Å²) in [4.78, 5) is 38.0. The van der Waals surface area contributed by atoms with Crippen LogP contribution in [0.15, 0.2) is 51.7 Å². The Kier molecular flexibility index (Phi) is 3.66. The molecule has 2 heterocycles. The molecule has 2 aromatic rings. The zero-order valence-corrected chi connectivity index (χ0v) is 15.5. The monoisotopic (exact) mass is 414 g/mol. The molecule has 2 aliphatic carbocycles. The van der Waals surface area contributed by atoms with E-state index in [0.717, 1.165) is 12.1 Å². The number of carbonyl (C=O) groups is 2. The van der Waals surface area contributed by atoms with Crippen LogP contribution >= 0.6 is 0 Å². The van der Waals surface area contributed by atoms with Crippen LogP contribution in [-0.2, 0) is 9.53 Å². The van der Waals surface area contributed by atoms with Crippen molar-refractivity contribution in [1.82, 2.24) is 0 Å². The van der Waals surface area contributed by atoms with Crippen molar-refractivity contribution < 1.29 is 39.2 Å². The van der Waals surface area contributed by atoms with Crippen molar-refractivity contribution in [3.05, 3.63) is 64.2 Å². The fraction of sp³-hybridized carbons (Fsp3) is 0.381. The number of fused-ring (bicyclic) bond motifs is 2. The van der Waals surface area contributed by atoms with Gasteiger partial charge in [0, 0.05) is 24.5 Å². The highest BCUT2D eigenvalue weighted by Crippen LogP contribution is 2.67. The summed E-state index contributed by atoms with van der Waals surface area (Å²) in [5.41, 5.74) is -8.16. The molecule has 3 fully saturated rings. The Labute approximate surface area is 169 Å². The number of hydrogen-bond donors (Lipinski definition) is 4. The van der Waals surface area contributed by atoms with E-state index in [1.54, 1.807) is 18.2 Å². The second-order valence-electron chi connectivity index (χ2n) is 8.25. The first-order valence-corrected chi connectivity index (χ1v) is 9.43. The van der Waals surface area contributed by atoms with Gasteiger partial charge in [-0.2, -0.15) is 0 Å².